The molecule has 0 saturated heterocycles. The van der Waals surface area contributed by atoms with Crippen LogP contribution in [0.2, 0.25) is 0 Å². The highest BCUT2D eigenvalue weighted by Gasteiger charge is 2.11. The van der Waals surface area contributed by atoms with E-state index in [1.165, 1.54) is 19.2 Å². The fourth-order valence-corrected chi connectivity index (χ4v) is 2.50. The summed E-state index contributed by atoms with van der Waals surface area (Å²) in [6.45, 7) is 0. The molecule has 0 saturated carbocycles. The number of esters is 1. The van der Waals surface area contributed by atoms with Gasteiger partial charge in [-0.05, 0) is 60.7 Å². The van der Waals surface area contributed by atoms with E-state index in [2.05, 4.69) is 25.2 Å². The molecule has 0 heterocycles. The molecule has 3 aromatic rings. The van der Waals surface area contributed by atoms with Gasteiger partial charge in [0, 0.05) is 25.8 Å². The summed E-state index contributed by atoms with van der Waals surface area (Å²) < 4.78 is 4.59. The lowest BCUT2D eigenvalue weighted by molar-refractivity contribution is 0.0597. The Morgan fingerprint density at radius 2 is 1.20 bits per heavy atom. The fourth-order valence-electron chi connectivity index (χ4n) is 2.50. The van der Waals surface area contributed by atoms with E-state index in [1.807, 2.05) is 43.3 Å². The van der Waals surface area contributed by atoms with Crippen LogP contribution in [0.15, 0.2) is 87.2 Å². The molecule has 0 aromatic heterocycles. The largest absolute Gasteiger partial charge is 0.507 e. The average Bonchev–Trinajstić information content (AvgIpc) is 2.76. The molecule has 0 atom stereocenters. The molecule has 0 bridgehead atoms. The lowest BCUT2D eigenvalue weighted by atomic mass is 10.2. The van der Waals surface area contributed by atoms with Gasteiger partial charge in [-0.3, -0.25) is 0 Å². The number of phenols is 1. The Labute approximate surface area is 174 Å². The first-order valence-electron chi connectivity index (χ1n) is 9.08. The first kappa shape index (κ1) is 20.7. The minimum absolute atomic E-state index is 0.0718. The lowest BCUT2D eigenvalue weighted by Crippen LogP contribution is -2.07. The summed E-state index contributed by atoms with van der Waals surface area (Å²) in [5, 5.41) is 26.5. The van der Waals surface area contributed by atoms with Crippen LogP contribution in [-0.4, -0.2) is 32.3 Å². The predicted molar refractivity (Wildman–Crippen MR) is 115 cm³/mol. The van der Waals surface area contributed by atoms with E-state index in [-0.39, 0.29) is 11.3 Å². The second kappa shape index (κ2) is 9.42. The Morgan fingerprint density at radius 1 is 0.767 bits per heavy atom. The highest BCUT2D eigenvalue weighted by atomic mass is 16.5. The van der Waals surface area contributed by atoms with Gasteiger partial charge in [-0.2, -0.15) is 20.5 Å². The number of hydrogen-bond donors (Lipinski definition) is 1. The minimum Gasteiger partial charge on any atom is -0.507 e. The zero-order valence-electron chi connectivity index (χ0n) is 16.9. The van der Waals surface area contributed by atoms with Crippen LogP contribution in [0, 0.1) is 0 Å². The first-order chi connectivity index (χ1) is 14.5. The smallest absolute Gasteiger partial charge is 0.341 e. The Hall–Kier alpha value is -4.07. The summed E-state index contributed by atoms with van der Waals surface area (Å²) in [5.41, 5.74) is 3.63. The van der Waals surface area contributed by atoms with Crippen molar-refractivity contribution in [3.63, 3.8) is 0 Å². The standard InChI is InChI=1S/C22H21N5O3/c1-27(2)19-11-8-17(9-12-19)24-23-15-4-6-16(7-5-15)25-26-18-10-13-20(21(28)14-18)22(29)30-3/h4-14,28H,1-3H3/b24-23+,26-25+. The Kier molecular flexibility index (Phi) is 6.49. The van der Waals surface area contributed by atoms with Gasteiger partial charge in [-0.1, -0.05) is 0 Å². The maximum atomic E-state index is 11.5. The summed E-state index contributed by atoms with van der Waals surface area (Å²) in [7, 11) is 5.21. The third-order valence-corrected chi connectivity index (χ3v) is 4.16. The van der Waals surface area contributed by atoms with Crippen molar-refractivity contribution in [2.75, 3.05) is 26.1 Å². The van der Waals surface area contributed by atoms with Gasteiger partial charge in [0.25, 0.3) is 0 Å². The Balaban J connectivity index is 1.65. The molecular formula is C22H21N5O3. The molecular weight excluding hydrogens is 382 g/mol. The molecule has 0 amide bonds. The van der Waals surface area contributed by atoms with Crippen LogP contribution in [0.3, 0.4) is 0 Å². The Morgan fingerprint density at radius 3 is 1.63 bits per heavy atom. The molecule has 0 fully saturated rings. The van der Waals surface area contributed by atoms with E-state index in [9.17, 15) is 9.90 Å². The highest BCUT2D eigenvalue weighted by Crippen LogP contribution is 2.27. The van der Waals surface area contributed by atoms with Crippen molar-refractivity contribution in [1.82, 2.24) is 0 Å². The van der Waals surface area contributed by atoms with E-state index in [0.29, 0.717) is 17.1 Å². The van der Waals surface area contributed by atoms with Gasteiger partial charge in [0.05, 0.1) is 29.9 Å². The van der Waals surface area contributed by atoms with E-state index in [4.69, 9.17) is 0 Å². The molecule has 0 unspecified atom stereocenters. The molecule has 0 aliphatic heterocycles. The van der Waals surface area contributed by atoms with Crippen LogP contribution >= 0.6 is 0 Å². The van der Waals surface area contributed by atoms with Crippen LogP contribution in [0.1, 0.15) is 10.4 Å². The first-order valence-corrected chi connectivity index (χ1v) is 9.08. The SMILES string of the molecule is COC(=O)c1ccc(/N=N/c2ccc(/N=N/c3ccc(N(C)C)cc3)cc2)cc1O. The highest BCUT2D eigenvalue weighted by molar-refractivity contribution is 5.92. The fraction of sp³-hybridized carbons (Fsp3) is 0.136. The third kappa shape index (κ3) is 5.26. The van der Waals surface area contributed by atoms with Crippen molar-refractivity contribution in [2.45, 2.75) is 0 Å². The summed E-state index contributed by atoms with van der Waals surface area (Å²) in [6, 6.07) is 19.2. The number of nitrogens with zero attached hydrogens (tertiary/aromatic N) is 5. The van der Waals surface area contributed by atoms with Crippen molar-refractivity contribution < 1.29 is 14.6 Å². The zero-order valence-corrected chi connectivity index (χ0v) is 16.9. The van der Waals surface area contributed by atoms with Crippen LogP contribution < -0.4 is 4.90 Å². The van der Waals surface area contributed by atoms with Gasteiger partial charge in [0.1, 0.15) is 11.3 Å². The number of methoxy groups -OCH3 is 1. The number of ether oxygens (including phenoxy) is 1. The minimum atomic E-state index is -0.616. The molecule has 8 nitrogen and oxygen atoms in total. The number of carbonyl (C=O) groups excluding carboxylic acids is 1. The van der Waals surface area contributed by atoms with E-state index in [1.54, 1.807) is 30.3 Å². The van der Waals surface area contributed by atoms with Crippen LogP contribution in [0.4, 0.5) is 28.4 Å². The molecule has 1 N–H and O–H groups in total. The number of benzene rings is 3. The van der Waals surface area contributed by atoms with Crippen molar-refractivity contribution in [2.24, 2.45) is 20.5 Å². The topological polar surface area (TPSA) is 99.2 Å². The maximum Gasteiger partial charge on any atom is 0.341 e. The van der Waals surface area contributed by atoms with E-state index >= 15 is 0 Å². The molecule has 0 spiro atoms. The van der Waals surface area contributed by atoms with Gasteiger partial charge in [0.2, 0.25) is 0 Å². The van der Waals surface area contributed by atoms with E-state index in [0.717, 1.165) is 11.4 Å². The average molecular weight is 403 g/mol. The molecule has 8 heteroatoms. The van der Waals surface area contributed by atoms with Gasteiger partial charge >= 0.3 is 5.97 Å². The third-order valence-electron chi connectivity index (χ3n) is 4.16. The molecule has 0 radical (unpaired) electrons. The number of hydrogen-bond acceptors (Lipinski definition) is 8. The molecule has 152 valence electrons. The van der Waals surface area contributed by atoms with Crippen molar-refractivity contribution in [3.05, 3.63) is 72.3 Å². The molecule has 0 aliphatic carbocycles. The van der Waals surface area contributed by atoms with Gasteiger partial charge < -0.3 is 14.7 Å². The number of phenolic OH excluding ortho intramolecular Hbond substituents is 1. The summed E-state index contributed by atoms with van der Waals surface area (Å²) in [4.78, 5) is 13.5. The Bertz CT molecular complexity index is 1070. The monoisotopic (exact) mass is 403 g/mol. The van der Waals surface area contributed by atoms with Crippen molar-refractivity contribution >= 4 is 34.4 Å². The number of rotatable bonds is 6. The lowest BCUT2D eigenvalue weighted by Gasteiger charge is -2.11. The van der Waals surface area contributed by atoms with Gasteiger partial charge in [-0.25, -0.2) is 4.79 Å². The second-order valence-electron chi connectivity index (χ2n) is 6.52. The molecule has 3 aromatic carbocycles. The summed E-state index contributed by atoms with van der Waals surface area (Å²) in [6.07, 6.45) is 0. The van der Waals surface area contributed by atoms with Crippen LogP contribution in [0.25, 0.3) is 0 Å². The van der Waals surface area contributed by atoms with Crippen molar-refractivity contribution in [3.8, 4) is 5.75 Å². The number of carbonyl (C=O) groups is 1. The molecule has 30 heavy (non-hydrogen) atoms. The molecule has 3 rings (SSSR count). The predicted octanol–water partition coefficient (Wildman–Crippen LogP) is 6.08. The van der Waals surface area contributed by atoms with Gasteiger partial charge in [-0.15, -0.1) is 0 Å². The van der Waals surface area contributed by atoms with Gasteiger partial charge in [0.15, 0.2) is 0 Å². The number of aromatic hydroxyl groups is 1. The summed E-state index contributed by atoms with van der Waals surface area (Å²) in [5.74, 6) is -0.831. The van der Waals surface area contributed by atoms with Crippen molar-refractivity contribution in [1.29, 1.82) is 0 Å². The quantitative estimate of drug-likeness (QED) is 0.398. The van der Waals surface area contributed by atoms with Crippen LogP contribution in [-0.2, 0) is 4.74 Å². The molecule has 0 aliphatic rings. The zero-order chi connectivity index (χ0) is 21.5. The number of anilines is 1. The van der Waals surface area contributed by atoms with Crippen LogP contribution in [0.5, 0.6) is 5.75 Å². The second-order valence-corrected chi connectivity index (χ2v) is 6.52. The number of azo groups is 2. The summed E-state index contributed by atoms with van der Waals surface area (Å²) >= 11 is 0. The maximum absolute atomic E-state index is 11.5. The normalized spacial score (nSPS) is 11.2. The van der Waals surface area contributed by atoms with E-state index < -0.39 is 5.97 Å².